The highest BCUT2D eigenvalue weighted by Gasteiger charge is 2.38. The number of ether oxygens (including phenoxy) is 1. The molecule has 3 aliphatic rings. The lowest BCUT2D eigenvalue weighted by Crippen LogP contribution is -2.49. The number of carboxylic acid groups (broad SMARTS) is 1. The van der Waals surface area contributed by atoms with Crippen molar-refractivity contribution in [1.82, 2.24) is 13.9 Å². The normalized spacial score (nSPS) is 17.4. The van der Waals surface area contributed by atoms with Gasteiger partial charge in [-0.1, -0.05) is 24.3 Å². The van der Waals surface area contributed by atoms with Crippen LogP contribution in [0.4, 0.5) is 26.3 Å². The van der Waals surface area contributed by atoms with Crippen molar-refractivity contribution in [3.63, 3.8) is 0 Å². The van der Waals surface area contributed by atoms with Crippen molar-refractivity contribution < 1.29 is 54.2 Å². The number of benzene rings is 3. The number of carbonyl (C=O) groups excluding carboxylic acids is 1. The van der Waals surface area contributed by atoms with Crippen molar-refractivity contribution >= 4 is 22.1 Å². The van der Waals surface area contributed by atoms with E-state index < -0.39 is 34.1 Å². The Morgan fingerprint density at radius 2 is 1.38 bits per heavy atom. The quantitative estimate of drug-likeness (QED) is 0.240. The molecule has 16 heteroatoms. The number of halogens is 6. The Morgan fingerprint density at radius 1 is 0.860 bits per heavy atom. The topological polar surface area (TPSA) is 116 Å². The summed E-state index contributed by atoms with van der Waals surface area (Å²) >= 11 is 0. The van der Waals surface area contributed by atoms with Crippen LogP contribution < -0.4 is 9.46 Å². The predicted octanol–water partition coefficient (Wildman–Crippen LogP) is 6.18. The first kappa shape index (κ1) is 37.1. The molecule has 0 unspecified atom stereocenters. The summed E-state index contributed by atoms with van der Waals surface area (Å²) in [6.07, 6.45) is -0.948. The van der Waals surface area contributed by atoms with Gasteiger partial charge in [-0.05, 0) is 104 Å². The minimum Gasteiger partial charge on any atom is -0.493 e. The number of hydrogen-bond donors (Lipinski definition) is 2. The molecular weight excluding hydrogens is 692 g/mol. The van der Waals surface area contributed by atoms with Gasteiger partial charge < -0.3 is 9.84 Å². The number of nitrogens with zero attached hydrogens (tertiary/aromatic N) is 2. The molecule has 1 amide bonds. The number of amides is 1. The molecule has 50 heavy (non-hydrogen) atoms. The van der Waals surface area contributed by atoms with Gasteiger partial charge in [-0.2, -0.15) is 25.9 Å². The summed E-state index contributed by atoms with van der Waals surface area (Å²) in [6, 6.07) is 15.3. The summed E-state index contributed by atoms with van der Waals surface area (Å²) in [5, 5.41) is 7.12. The third-order valence-corrected chi connectivity index (χ3v) is 10.3. The van der Waals surface area contributed by atoms with Crippen LogP contribution in [0.25, 0.3) is 0 Å². The summed E-state index contributed by atoms with van der Waals surface area (Å²) < 4.78 is 108. The van der Waals surface area contributed by atoms with E-state index in [0.717, 1.165) is 66.2 Å². The van der Waals surface area contributed by atoms with Gasteiger partial charge in [-0.15, -0.1) is 0 Å². The highest BCUT2D eigenvalue weighted by Crippen LogP contribution is 2.45. The SMILES string of the molecule is O=C(NS(=O)(=O)N1CCC1)c1cc(C2CC2)c(OCC2CCN(C(c3ccc(F)cc3)c3ccc(F)cc3)CC2)cc1F.O=C(O)C(F)(F)F. The van der Waals surface area contributed by atoms with Crippen LogP contribution in [0.15, 0.2) is 60.7 Å². The number of carboxylic acids is 1. The number of aliphatic carboxylic acids is 1. The van der Waals surface area contributed by atoms with Crippen LogP contribution in [0, 0.1) is 23.4 Å². The zero-order valence-electron chi connectivity index (χ0n) is 26.6. The maximum absolute atomic E-state index is 15.1. The van der Waals surface area contributed by atoms with Gasteiger partial charge in [0.2, 0.25) is 0 Å². The standard InChI is InChI=1S/C32H34F3N3O4S.C2HF3O2/c33-25-8-4-23(5-9-25)31(24-6-10-26(34)11-7-24)37-16-12-21(13-17-37)20-42-30-19-29(35)28(18-27(30)22-2-3-22)32(39)36-43(40,41)38-14-1-15-38;3-2(4,5)1(6)7/h4-11,18-19,21-22,31H,1-3,12-17,20H2,(H,36,39);(H,6,7). The fourth-order valence-corrected chi connectivity index (χ4v) is 7.05. The van der Waals surface area contributed by atoms with Gasteiger partial charge in [0.15, 0.2) is 0 Å². The molecule has 1 saturated carbocycles. The third kappa shape index (κ3) is 9.34. The van der Waals surface area contributed by atoms with Gasteiger partial charge in [0.05, 0.1) is 18.2 Å². The maximum atomic E-state index is 15.1. The number of hydrogen-bond acceptors (Lipinski definition) is 6. The van der Waals surface area contributed by atoms with E-state index in [2.05, 4.69) is 4.90 Å². The van der Waals surface area contributed by atoms with Crippen LogP contribution in [0.1, 0.15) is 71.1 Å². The monoisotopic (exact) mass is 727 g/mol. The summed E-state index contributed by atoms with van der Waals surface area (Å²) in [5.74, 6) is -4.46. The number of piperidine rings is 1. The predicted molar refractivity (Wildman–Crippen MR) is 169 cm³/mol. The Kier molecular flexibility index (Phi) is 11.4. The molecule has 2 saturated heterocycles. The number of alkyl halides is 3. The molecule has 9 nitrogen and oxygen atoms in total. The lowest BCUT2D eigenvalue weighted by molar-refractivity contribution is -0.192. The second kappa shape index (κ2) is 15.4. The van der Waals surface area contributed by atoms with Crippen molar-refractivity contribution in [2.45, 2.75) is 50.2 Å². The summed E-state index contributed by atoms with van der Waals surface area (Å²) in [6.45, 7) is 2.52. The van der Waals surface area contributed by atoms with Crippen LogP contribution in [0.2, 0.25) is 0 Å². The molecule has 0 atom stereocenters. The molecule has 6 rings (SSSR count). The van der Waals surface area contributed by atoms with Crippen molar-refractivity contribution in [3.8, 4) is 5.75 Å². The van der Waals surface area contributed by atoms with Crippen LogP contribution in [0.3, 0.4) is 0 Å². The van der Waals surface area contributed by atoms with Crippen molar-refractivity contribution in [2.75, 3.05) is 32.8 Å². The van der Waals surface area contributed by atoms with Crippen molar-refractivity contribution in [3.05, 3.63) is 100 Å². The van der Waals surface area contributed by atoms with Crippen LogP contribution in [-0.4, -0.2) is 73.6 Å². The molecule has 270 valence electrons. The van der Waals surface area contributed by atoms with Gasteiger partial charge in [0.25, 0.3) is 5.91 Å². The second-order valence-corrected chi connectivity index (χ2v) is 14.1. The third-order valence-electron chi connectivity index (χ3n) is 8.84. The first-order valence-electron chi connectivity index (χ1n) is 16.0. The molecule has 0 spiro atoms. The first-order chi connectivity index (χ1) is 23.6. The van der Waals surface area contributed by atoms with Gasteiger partial charge in [-0.3, -0.25) is 9.69 Å². The van der Waals surface area contributed by atoms with E-state index in [4.69, 9.17) is 14.6 Å². The maximum Gasteiger partial charge on any atom is 0.490 e. The summed E-state index contributed by atoms with van der Waals surface area (Å²) in [5.41, 5.74) is 2.26. The molecule has 3 aromatic rings. The molecule has 3 aromatic carbocycles. The first-order valence-corrected chi connectivity index (χ1v) is 17.4. The number of likely N-dealkylation sites (tertiary alicyclic amines) is 1. The fourth-order valence-electron chi connectivity index (χ4n) is 5.84. The van der Waals surface area contributed by atoms with Crippen molar-refractivity contribution in [2.24, 2.45) is 5.92 Å². The van der Waals surface area contributed by atoms with E-state index in [0.29, 0.717) is 25.4 Å². The molecule has 2 N–H and O–H groups in total. The Morgan fingerprint density at radius 3 is 1.82 bits per heavy atom. The Labute approximate surface area is 285 Å². The average molecular weight is 728 g/mol. The molecule has 2 heterocycles. The lowest BCUT2D eigenvalue weighted by Gasteiger charge is -2.38. The minimum atomic E-state index is -5.08. The molecule has 0 aromatic heterocycles. The van der Waals surface area contributed by atoms with Crippen LogP contribution in [0.5, 0.6) is 5.75 Å². The van der Waals surface area contributed by atoms with E-state index in [1.54, 1.807) is 24.3 Å². The Balaban J connectivity index is 0.000000630. The van der Waals surface area contributed by atoms with E-state index in [9.17, 15) is 35.2 Å². The smallest absolute Gasteiger partial charge is 0.490 e. The van der Waals surface area contributed by atoms with E-state index in [-0.39, 0.29) is 35.1 Å². The van der Waals surface area contributed by atoms with Crippen LogP contribution in [-0.2, 0) is 15.0 Å². The van der Waals surface area contributed by atoms with Crippen LogP contribution >= 0.6 is 0 Å². The average Bonchev–Trinajstić information content (AvgIpc) is 3.87. The van der Waals surface area contributed by atoms with E-state index >= 15 is 4.39 Å². The number of nitrogens with one attached hydrogen (secondary N) is 1. The van der Waals surface area contributed by atoms with Gasteiger partial charge in [0, 0.05) is 19.2 Å². The molecule has 3 fully saturated rings. The largest absolute Gasteiger partial charge is 0.493 e. The highest BCUT2D eigenvalue weighted by molar-refractivity contribution is 7.87. The number of rotatable bonds is 10. The van der Waals surface area contributed by atoms with Gasteiger partial charge >= 0.3 is 22.4 Å². The highest BCUT2D eigenvalue weighted by atomic mass is 32.2. The Bertz CT molecular complexity index is 1730. The molecule has 0 bridgehead atoms. The summed E-state index contributed by atoms with van der Waals surface area (Å²) in [7, 11) is -3.99. The van der Waals surface area contributed by atoms with Gasteiger partial charge in [-0.25, -0.2) is 22.7 Å². The van der Waals surface area contributed by atoms with Gasteiger partial charge in [0.1, 0.15) is 23.2 Å². The van der Waals surface area contributed by atoms with E-state index in [1.807, 2.05) is 4.72 Å². The fraction of sp³-hybridized carbons (Fsp3) is 0.412. The molecule has 2 aliphatic heterocycles. The van der Waals surface area contributed by atoms with Crippen molar-refractivity contribution in [1.29, 1.82) is 0 Å². The molecule has 1 aliphatic carbocycles. The molecular formula is C34H35F6N3O6S. The second-order valence-electron chi connectivity index (χ2n) is 12.4. The zero-order chi connectivity index (χ0) is 36.2. The molecule has 0 radical (unpaired) electrons. The minimum absolute atomic E-state index is 0.142. The summed E-state index contributed by atoms with van der Waals surface area (Å²) in [4.78, 5) is 23.9. The van der Waals surface area contributed by atoms with E-state index in [1.165, 1.54) is 36.4 Å². The number of carbonyl (C=O) groups is 2. The zero-order valence-corrected chi connectivity index (χ0v) is 27.5. The Hall–Kier alpha value is -4.15. The lowest BCUT2D eigenvalue weighted by atomic mass is 9.91.